The quantitative estimate of drug-likeness (QED) is 0.532. The van der Waals surface area contributed by atoms with Gasteiger partial charge in [-0.3, -0.25) is 0 Å². The number of halogens is 1. The molecule has 1 N–H and O–H groups in total. The molecule has 0 saturated carbocycles. The van der Waals surface area contributed by atoms with Crippen LogP contribution < -0.4 is 4.72 Å². The normalized spacial score (nSPS) is 12.3. The third-order valence-corrected chi connectivity index (χ3v) is 5.62. The topological polar surface area (TPSA) is 49.4 Å². The molecule has 6 heteroatoms. The molecule has 1 aromatic rings. The second-order valence-corrected chi connectivity index (χ2v) is 7.78. The maximum atomic E-state index is 12.1. The fourth-order valence-electron chi connectivity index (χ4n) is 1.79. The first-order valence-corrected chi connectivity index (χ1v) is 9.82. The van der Waals surface area contributed by atoms with Crippen molar-refractivity contribution in [1.82, 2.24) is 9.62 Å². The predicted molar refractivity (Wildman–Crippen MR) is 91.3 cm³/mol. The molecule has 0 heterocycles. The molecule has 0 aliphatic heterocycles. The van der Waals surface area contributed by atoms with Gasteiger partial charge in [0.25, 0.3) is 0 Å². The minimum absolute atomic E-state index is 0.325. The van der Waals surface area contributed by atoms with Crippen LogP contribution in [0.5, 0.6) is 0 Å². The molecule has 21 heavy (non-hydrogen) atoms. The van der Waals surface area contributed by atoms with E-state index in [0.717, 1.165) is 30.3 Å². The van der Waals surface area contributed by atoms with Gasteiger partial charge in [-0.2, -0.15) is 0 Å². The van der Waals surface area contributed by atoms with Crippen molar-refractivity contribution in [1.29, 1.82) is 0 Å². The highest BCUT2D eigenvalue weighted by molar-refractivity contribution is 9.08. The Morgan fingerprint density at radius 3 is 2.33 bits per heavy atom. The van der Waals surface area contributed by atoms with E-state index in [9.17, 15) is 8.42 Å². The Balaban J connectivity index is 2.39. The summed E-state index contributed by atoms with van der Waals surface area (Å²) in [4.78, 5) is 2.58. The first-order chi connectivity index (χ1) is 9.86. The number of unbranched alkanes of at least 4 members (excludes halogenated alkanes) is 1. The van der Waals surface area contributed by atoms with Crippen molar-refractivity contribution in [3.05, 3.63) is 29.8 Å². The molecule has 0 atom stereocenters. The Morgan fingerprint density at radius 2 is 1.81 bits per heavy atom. The summed E-state index contributed by atoms with van der Waals surface area (Å²) in [7, 11) is -1.30. The van der Waals surface area contributed by atoms with Gasteiger partial charge >= 0.3 is 0 Å². The molecule has 1 rings (SSSR count). The van der Waals surface area contributed by atoms with Crippen molar-refractivity contribution < 1.29 is 8.42 Å². The fourth-order valence-corrected chi connectivity index (χ4v) is 3.24. The van der Waals surface area contributed by atoms with Gasteiger partial charge in [-0.25, -0.2) is 13.1 Å². The molecule has 0 aromatic heterocycles. The number of hydrogen-bond donors (Lipinski definition) is 1. The molecule has 0 fully saturated rings. The van der Waals surface area contributed by atoms with Crippen molar-refractivity contribution in [2.75, 3.05) is 20.1 Å². The Kier molecular flexibility index (Phi) is 7.87. The summed E-state index contributed by atoms with van der Waals surface area (Å²) in [6.45, 7) is 5.77. The molecule has 0 amide bonds. The maximum absolute atomic E-state index is 12.1. The first kappa shape index (κ1) is 18.6. The number of sulfonamides is 1. The second kappa shape index (κ2) is 8.88. The second-order valence-electron chi connectivity index (χ2n) is 5.46. The Hall–Kier alpha value is -0.430. The third kappa shape index (κ3) is 6.46. The van der Waals surface area contributed by atoms with Crippen molar-refractivity contribution in [2.45, 2.75) is 43.0 Å². The Bertz CT molecular complexity index is 515. The highest BCUT2D eigenvalue weighted by atomic mass is 79.9. The van der Waals surface area contributed by atoms with Crippen LogP contribution >= 0.6 is 15.9 Å². The van der Waals surface area contributed by atoms with E-state index in [1.165, 1.54) is 0 Å². The van der Waals surface area contributed by atoms with Gasteiger partial charge in [0.2, 0.25) is 10.0 Å². The van der Waals surface area contributed by atoms with Gasteiger partial charge in [0, 0.05) is 17.9 Å². The summed E-state index contributed by atoms with van der Waals surface area (Å²) < 4.78 is 26.9. The number of benzene rings is 1. The summed E-state index contributed by atoms with van der Waals surface area (Å²) in [6.07, 6.45) is 1.83. The molecule has 120 valence electrons. The lowest BCUT2D eigenvalue weighted by Crippen LogP contribution is -2.29. The summed E-state index contributed by atoms with van der Waals surface area (Å²) in [5.41, 5.74) is 1.06. The zero-order valence-electron chi connectivity index (χ0n) is 13.0. The van der Waals surface area contributed by atoms with Gasteiger partial charge < -0.3 is 4.90 Å². The summed E-state index contributed by atoms with van der Waals surface area (Å²) in [5.74, 6) is 0. The SMILES string of the molecule is CC(C)N(C)CCCCNS(=O)(=O)c1ccc(CBr)cc1. The van der Waals surface area contributed by atoms with Gasteiger partial charge in [-0.1, -0.05) is 28.1 Å². The number of hydrogen-bond acceptors (Lipinski definition) is 3. The molecule has 4 nitrogen and oxygen atoms in total. The van der Waals surface area contributed by atoms with Crippen LogP contribution in [0.4, 0.5) is 0 Å². The van der Waals surface area contributed by atoms with Crippen LogP contribution in [0.25, 0.3) is 0 Å². The van der Waals surface area contributed by atoms with E-state index in [2.05, 4.69) is 46.4 Å². The summed E-state index contributed by atoms with van der Waals surface area (Å²) in [5, 5.41) is 0.726. The van der Waals surface area contributed by atoms with Gasteiger partial charge in [-0.05, 0) is 58.0 Å². The minimum Gasteiger partial charge on any atom is -0.304 e. The monoisotopic (exact) mass is 376 g/mol. The van der Waals surface area contributed by atoms with Crippen LogP contribution in [-0.4, -0.2) is 39.5 Å². The molecular weight excluding hydrogens is 352 g/mol. The molecule has 0 aliphatic carbocycles. The molecule has 0 spiro atoms. The van der Waals surface area contributed by atoms with Crippen LogP contribution in [0.1, 0.15) is 32.3 Å². The lowest BCUT2D eigenvalue weighted by molar-refractivity contribution is 0.268. The fraction of sp³-hybridized carbons (Fsp3) is 0.600. The number of alkyl halides is 1. The summed E-state index contributed by atoms with van der Waals surface area (Å²) in [6, 6.07) is 7.45. The highest BCUT2D eigenvalue weighted by Crippen LogP contribution is 2.12. The van der Waals surface area contributed by atoms with Crippen LogP contribution in [-0.2, 0) is 15.4 Å². The molecule has 0 aliphatic rings. The van der Waals surface area contributed by atoms with Crippen LogP contribution in [0, 0.1) is 0 Å². The first-order valence-electron chi connectivity index (χ1n) is 7.21. The molecule has 0 saturated heterocycles. The molecule has 0 bridgehead atoms. The largest absolute Gasteiger partial charge is 0.304 e. The van der Waals surface area contributed by atoms with E-state index < -0.39 is 10.0 Å². The third-order valence-electron chi connectivity index (χ3n) is 3.50. The highest BCUT2D eigenvalue weighted by Gasteiger charge is 2.12. The van der Waals surface area contributed by atoms with E-state index in [4.69, 9.17) is 0 Å². The number of rotatable bonds is 9. The van der Waals surface area contributed by atoms with Crippen LogP contribution in [0.15, 0.2) is 29.2 Å². The molecule has 1 aromatic carbocycles. The molecule has 0 unspecified atom stereocenters. The van der Waals surface area contributed by atoms with Gasteiger partial charge in [0.05, 0.1) is 4.90 Å². The van der Waals surface area contributed by atoms with Crippen molar-refractivity contribution in [3.8, 4) is 0 Å². The van der Waals surface area contributed by atoms with E-state index in [0.29, 0.717) is 17.5 Å². The Labute approximate surface area is 137 Å². The van der Waals surface area contributed by atoms with Crippen molar-refractivity contribution >= 4 is 26.0 Å². The zero-order valence-corrected chi connectivity index (χ0v) is 15.4. The standard InChI is InChI=1S/C15H25BrN2O2S/c1-13(2)18(3)11-5-4-10-17-21(19,20)15-8-6-14(12-16)7-9-15/h6-9,13,17H,4-5,10-12H2,1-3H3. The number of nitrogens with one attached hydrogen (secondary N) is 1. The van der Waals surface area contributed by atoms with E-state index >= 15 is 0 Å². The zero-order chi connectivity index (χ0) is 15.9. The number of nitrogens with zero attached hydrogens (tertiary/aromatic N) is 1. The van der Waals surface area contributed by atoms with E-state index in [1.807, 2.05) is 12.1 Å². The Morgan fingerprint density at radius 1 is 1.19 bits per heavy atom. The predicted octanol–water partition coefficient (Wildman–Crippen LogP) is 2.98. The van der Waals surface area contributed by atoms with E-state index in [-0.39, 0.29) is 0 Å². The maximum Gasteiger partial charge on any atom is 0.240 e. The van der Waals surface area contributed by atoms with Crippen LogP contribution in [0.2, 0.25) is 0 Å². The van der Waals surface area contributed by atoms with Gasteiger partial charge in [0.1, 0.15) is 0 Å². The average molecular weight is 377 g/mol. The lowest BCUT2D eigenvalue weighted by atomic mass is 10.2. The van der Waals surface area contributed by atoms with Crippen molar-refractivity contribution in [3.63, 3.8) is 0 Å². The van der Waals surface area contributed by atoms with Crippen LogP contribution in [0.3, 0.4) is 0 Å². The van der Waals surface area contributed by atoms with E-state index in [1.54, 1.807) is 12.1 Å². The summed E-state index contributed by atoms with van der Waals surface area (Å²) >= 11 is 3.34. The smallest absolute Gasteiger partial charge is 0.240 e. The minimum atomic E-state index is -3.38. The molecular formula is C15H25BrN2O2S. The average Bonchev–Trinajstić information content (AvgIpc) is 2.46. The van der Waals surface area contributed by atoms with Gasteiger partial charge in [-0.15, -0.1) is 0 Å². The van der Waals surface area contributed by atoms with Gasteiger partial charge in [0.15, 0.2) is 0 Å². The van der Waals surface area contributed by atoms with Crippen molar-refractivity contribution in [2.24, 2.45) is 0 Å². The lowest BCUT2D eigenvalue weighted by Gasteiger charge is -2.20. The molecule has 0 radical (unpaired) electrons.